The number of nitrogens with zero attached hydrogens (tertiary/aromatic N) is 6. The molecule has 1 saturated heterocycles. The summed E-state index contributed by atoms with van der Waals surface area (Å²) in [7, 11) is 3.89. The Morgan fingerprint density at radius 3 is 2.68 bits per heavy atom. The van der Waals surface area contributed by atoms with E-state index in [1.165, 1.54) is 16.5 Å². The van der Waals surface area contributed by atoms with E-state index >= 15 is 0 Å². The molecule has 0 atom stereocenters. The third kappa shape index (κ3) is 4.07. The van der Waals surface area contributed by atoms with E-state index in [1.54, 1.807) is 4.52 Å². The van der Waals surface area contributed by atoms with E-state index in [0.29, 0.717) is 18.4 Å². The number of hydrogen-bond donors (Lipinski definition) is 1. The van der Waals surface area contributed by atoms with Crippen molar-refractivity contribution < 1.29 is 4.79 Å². The summed E-state index contributed by atoms with van der Waals surface area (Å²) in [5, 5.41) is 13.3. The van der Waals surface area contributed by atoms with Crippen molar-refractivity contribution in [2.45, 2.75) is 45.4 Å². The van der Waals surface area contributed by atoms with Gasteiger partial charge in [-0.3, -0.25) is 4.79 Å². The van der Waals surface area contributed by atoms with Gasteiger partial charge in [0.25, 0.3) is 0 Å². The molecule has 1 aliphatic heterocycles. The molecule has 0 aliphatic carbocycles. The molecule has 178 valence electrons. The van der Waals surface area contributed by atoms with Crippen molar-refractivity contribution in [2.24, 2.45) is 0 Å². The molecule has 0 saturated carbocycles. The molecule has 0 spiro atoms. The Labute approximate surface area is 199 Å². The van der Waals surface area contributed by atoms with Gasteiger partial charge in [-0.25, -0.2) is 0 Å². The summed E-state index contributed by atoms with van der Waals surface area (Å²) in [6.07, 6.45) is 4.02. The molecule has 0 radical (unpaired) electrons. The van der Waals surface area contributed by atoms with Crippen LogP contribution in [0.15, 0.2) is 30.5 Å². The van der Waals surface area contributed by atoms with Crippen LogP contribution in [0.4, 0.5) is 0 Å². The molecule has 1 aliphatic rings. The average molecular weight is 460 g/mol. The largest absolute Gasteiger partial charge is 0.354 e. The second-order valence-electron chi connectivity index (χ2n) is 10.1. The Bertz CT molecular complexity index is 1340. The number of fused-ring (bicyclic) bond motifs is 2. The third-order valence-corrected chi connectivity index (χ3v) is 6.98. The summed E-state index contributed by atoms with van der Waals surface area (Å²) in [5.41, 5.74) is 7.89. The molecule has 5 rings (SSSR count). The molecular weight excluding hydrogens is 426 g/mol. The first-order chi connectivity index (χ1) is 16.3. The number of aryl methyl sites for hydroxylation is 1. The maximum absolute atomic E-state index is 12.4. The SMILES string of the molecule is Cc1cc(-c2[nH]c3ccc(C4CCN(C(=O)CN(C)C)CC4)cc3c2C(C)C)cn2nnnc12. The molecule has 34 heavy (non-hydrogen) atoms. The first kappa shape index (κ1) is 22.5. The van der Waals surface area contributed by atoms with Gasteiger partial charge < -0.3 is 14.8 Å². The minimum Gasteiger partial charge on any atom is -0.354 e. The minimum absolute atomic E-state index is 0.228. The predicted molar refractivity (Wildman–Crippen MR) is 134 cm³/mol. The van der Waals surface area contributed by atoms with E-state index in [0.717, 1.165) is 53.9 Å². The summed E-state index contributed by atoms with van der Waals surface area (Å²) < 4.78 is 1.75. The number of aromatic nitrogens is 5. The van der Waals surface area contributed by atoms with Crippen molar-refractivity contribution in [2.75, 3.05) is 33.7 Å². The van der Waals surface area contributed by atoms with Gasteiger partial charge in [-0.15, -0.1) is 5.10 Å². The smallest absolute Gasteiger partial charge is 0.236 e. The Morgan fingerprint density at radius 1 is 1.21 bits per heavy atom. The number of likely N-dealkylation sites (tertiary alicyclic amines) is 1. The van der Waals surface area contributed by atoms with Crippen molar-refractivity contribution >= 4 is 22.5 Å². The summed E-state index contributed by atoms with van der Waals surface area (Å²) in [6.45, 7) is 8.68. The molecule has 1 amide bonds. The second kappa shape index (κ2) is 8.83. The van der Waals surface area contributed by atoms with Gasteiger partial charge in [0.1, 0.15) is 0 Å². The number of aromatic amines is 1. The summed E-state index contributed by atoms with van der Waals surface area (Å²) >= 11 is 0. The Morgan fingerprint density at radius 2 is 1.97 bits per heavy atom. The quantitative estimate of drug-likeness (QED) is 0.488. The molecule has 4 aromatic rings. The lowest BCUT2D eigenvalue weighted by molar-refractivity contribution is -0.132. The molecule has 1 fully saturated rings. The predicted octanol–water partition coefficient (Wildman–Crippen LogP) is 3.97. The van der Waals surface area contributed by atoms with Crippen LogP contribution in [0.1, 0.15) is 55.2 Å². The van der Waals surface area contributed by atoms with E-state index in [4.69, 9.17) is 0 Å². The number of nitrogens with one attached hydrogen (secondary N) is 1. The number of benzene rings is 1. The fraction of sp³-hybridized carbons (Fsp3) is 0.462. The Balaban J connectivity index is 1.47. The molecule has 3 aromatic heterocycles. The van der Waals surface area contributed by atoms with Gasteiger partial charge in [-0.1, -0.05) is 19.9 Å². The van der Waals surface area contributed by atoms with Gasteiger partial charge in [0, 0.05) is 35.8 Å². The fourth-order valence-electron chi connectivity index (χ4n) is 5.29. The van der Waals surface area contributed by atoms with Crippen molar-refractivity contribution in [3.63, 3.8) is 0 Å². The maximum Gasteiger partial charge on any atom is 0.236 e. The monoisotopic (exact) mass is 459 g/mol. The van der Waals surface area contributed by atoms with Crippen LogP contribution in [0.3, 0.4) is 0 Å². The third-order valence-electron chi connectivity index (χ3n) is 6.98. The molecule has 0 bridgehead atoms. The summed E-state index contributed by atoms with van der Waals surface area (Å²) in [5.74, 6) is 1.06. The van der Waals surface area contributed by atoms with E-state index in [9.17, 15) is 4.79 Å². The number of likely N-dealkylation sites (N-methyl/N-ethyl adjacent to an activating group) is 1. The maximum atomic E-state index is 12.4. The van der Waals surface area contributed by atoms with Gasteiger partial charge in [-0.05, 0) is 91.0 Å². The van der Waals surface area contributed by atoms with Crippen LogP contribution >= 0.6 is 0 Å². The summed E-state index contributed by atoms with van der Waals surface area (Å²) in [4.78, 5) is 20.1. The van der Waals surface area contributed by atoms with E-state index in [2.05, 4.69) is 58.6 Å². The van der Waals surface area contributed by atoms with Crippen LogP contribution in [0.25, 0.3) is 27.8 Å². The van der Waals surface area contributed by atoms with Gasteiger partial charge in [-0.2, -0.15) is 4.52 Å². The topological polar surface area (TPSA) is 82.4 Å². The van der Waals surface area contributed by atoms with Crippen LogP contribution in [0.2, 0.25) is 0 Å². The van der Waals surface area contributed by atoms with Gasteiger partial charge in [0.15, 0.2) is 5.65 Å². The van der Waals surface area contributed by atoms with E-state index < -0.39 is 0 Å². The van der Waals surface area contributed by atoms with Crippen molar-refractivity contribution in [3.05, 3.63) is 47.2 Å². The van der Waals surface area contributed by atoms with E-state index in [1.807, 2.05) is 37.0 Å². The zero-order valence-electron chi connectivity index (χ0n) is 20.7. The number of hydrogen-bond acceptors (Lipinski definition) is 5. The number of rotatable bonds is 5. The van der Waals surface area contributed by atoms with Crippen molar-refractivity contribution in [1.29, 1.82) is 0 Å². The highest BCUT2D eigenvalue weighted by Crippen LogP contribution is 2.38. The molecule has 4 heterocycles. The molecule has 1 aromatic carbocycles. The van der Waals surface area contributed by atoms with Crippen LogP contribution in [-0.4, -0.2) is 74.5 Å². The van der Waals surface area contributed by atoms with Crippen molar-refractivity contribution in [3.8, 4) is 11.3 Å². The van der Waals surface area contributed by atoms with Crippen molar-refractivity contribution in [1.82, 2.24) is 34.8 Å². The molecular formula is C26H33N7O. The highest BCUT2D eigenvalue weighted by atomic mass is 16.2. The zero-order chi connectivity index (χ0) is 24.0. The number of amides is 1. The number of H-pyrrole nitrogens is 1. The highest BCUT2D eigenvalue weighted by Gasteiger charge is 2.25. The average Bonchev–Trinajstić information content (AvgIpc) is 3.43. The Hall–Kier alpha value is -3.26. The minimum atomic E-state index is 0.228. The van der Waals surface area contributed by atoms with Crippen LogP contribution in [-0.2, 0) is 4.79 Å². The number of piperidine rings is 1. The van der Waals surface area contributed by atoms with Crippen LogP contribution < -0.4 is 0 Å². The number of pyridine rings is 1. The van der Waals surface area contributed by atoms with E-state index in [-0.39, 0.29) is 5.91 Å². The molecule has 1 N–H and O–H groups in total. The van der Waals surface area contributed by atoms with Crippen LogP contribution in [0.5, 0.6) is 0 Å². The lowest BCUT2D eigenvalue weighted by atomic mass is 9.87. The fourth-order valence-corrected chi connectivity index (χ4v) is 5.29. The van der Waals surface area contributed by atoms with Gasteiger partial charge in [0.05, 0.1) is 12.2 Å². The Kier molecular flexibility index (Phi) is 5.85. The zero-order valence-corrected chi connectivity index (χ0v) is 20.7. The molecule has 0 unspecified atom stereocenters. The van der Waals surface area contributed by atoms with Crippen LogP contribution in [0, 0.1) is 6.92 Å². The lowest BCUT2D eigenvalue weighted by Gasteiger charge is -2.33. The first-order valence-electron chi connectivity index (χ1n) is 12.1. The van der Waals surface area contributed by atoms with Gasteiger partial charge in [0.2, 0.25) is 5.91 Å². The molecule has 8 heteroatoms. The number of carbonyl (C=O) groups excluding carboxylic acids is 1. The van der Waals surface area contributed by atoms with Gasteiger partial charge >= 0.3 is 0 Å². The summed E-state index contributed by atoms with van der Waals surface area (Å²) in [6, 6.07) is 9.00. The first-order valence-corrected chi connectivity index (χ1v) is 12.1. The number of carbonyl (C=O) groups is 1. The molecule has 8 nitrogen and oxygen atoms in total. The highest BCUT2D eigenvalue weighted by molar-refractivity contribution is 5.92. The normalized spacial score (nSPS) is 15.3. The standard InChI is InChI=1S/C26H33N7O/c1-16(2)24-21-13-19(18-8-10-32(11-9-18)23(34)15-31(4)5)6-7-22(21)27-25(24)20-12-17(3)26-28-29-30-33(26)14-20/h6-7,12-14,16,18,27H,8-11,15H2,1-5H3. The number of tetrazole rings is 1. The lowest BCUT2D eigenvalue weighted by Crippen LogP contribution is -2.42. The second-order valence-corrected chi connectivity index (χ2v) is 10.1.